The molecule has 0 spiro atoms. The first-order valence-electron chi connectivity index (χ1n) is 9.01. The zero-order chi connectivity index (χ0) is 21.8. The van der Waals surface area contributed by atoms with Crippen molar-refractivity contribution >= 4 is 23.6 Å². The van der Waals surface area contributed by atoms with Crippen molar-refractivity contribution < 1.29 is 19.1 Å². The normalized spacial score (nSPS) is 11.1. The quantitative estimate of drug-likeness (QED) is 0.485. The first-order valence-corrected chi connectivity index (χ1v) is 9.01. The van der Waals surface area contributed by atoms with E-state index in [-0.39, 0.29) is 11.1 Å². The number of anilines is 1. The van der Waals surface area contributed by atoms with Crippen LogP contribution in [0.4, 0.5) is 10.1 Å². The molecule has 7 heteroatoms. The second kappa shape index (κ2) is 8.45. The maximum atomic E-state index is 13.0. The molecule has 0 aliphatic heterocycles. The fourth-order valence-electron chi connectivity index (χ4n) is 3.12. The smallest absolute Gasteiger partial charge is 0.335 e. The van der Waals surface area contributed by atoms with Gasteiger partial charge in [-0.15, -0.1) is 0 Å². The second-order valence-corrected chi connectivity index (χ2v) is 6.64. The van der Waals surface area contributed by atoms with Gasteiger partial charge in [0.2, 0.25) is 0 Å². The van der Waals surface area contributed by atoms with E-state index in [9.17, 15) is 19.2 Å². The highest BCUT2D eigenvalue weighted by Crippen LogP contribution is 2.23. The molecule has 30 heavy (non-hydrogen) atoms. The Bertz CT molecular complexity index is 1180. The third-order valence-electron chi connectivity index (χ3n) is 4.61. The highest BCUT2D eigenvalue weighted by molar-refractivity contribution is 6.09. The van der Waals surface area contributed by atoms with Gasteiger partial charge in [-0.25, -0.2) is 9.18 Å². The summed E-state index contributed by atoms with van der Waals surface area (Å²) < 4.78 is 14.9. The van der Waals surface area contributed by atoms with Crippen LogP contribution in [0.1, 0.15) is 27.3 Å². The first kappa shape index (κ1) is 20.6. The van der Waals surface area contributed by atoms with Gasteiger partial charge in [-0.05, 0) is 80.1 Å². The number of hydrogen-bond acceptors (Lipinski definition) is 3. The van der Waals surface area contributed by atoms with E-state index in [2.05, 4.69) is 5.32 Å². The summed E-state index contributed by atoms with van der Waals surface area (Å²) in [6, 6.07) is 15.4. The number of aromatic nitrogens is 1. The third kappa shape index (κ3) is 4.28. The number of carbonyl (C=O) groups is 2. The van der Waals surface area contributed by atoms with E-state index >= 15 is 0 Å². The van der Waals surface area contributed by atoms with Gasteiger partial charge in [0.25, 0.3) is 5.91 Å². The van der Waals surface area contributed by atoms with Crippen molar-refractivity contribution in [2.45, 2.75) is 13.8 Å². The van der Waals surface area contributed by atoms with Gasteiger partial charge in [-0.3, -0.25) is 4.79 Å². The van der Waals surface area contributed by atoms with E-state index < -0.39 is 17.7 Å². The average Bonchev–Trinajstić information content (AvgIpc) is 3.00. The Morgan fingerprint density at radius 2 is 1.73 bits per heavy atom. The summed E-state index contributed by atoms with van der Waals surface area (Å²) in [4.78, 5) is 23.5. The van der Waals surface area contributed by atoms with Crippen molar-refractivity contribution in [3.8, 4) is 11.8 Å². The molecule has 0 saturated carbocycles. The molecule has 0 aliphatic carbocycles. The van der Waals surface area contributed by atoms with E-state index in [1.807, 2.05) is 30.6 Å². The predicted molar refractivity (Wildman–Crippen MR) is 111 cm³/mol. The van der Waals surface area contributed by atoms with Gasteiger partial charge in [0, 0.05) is 22.8 Å². The van der Waals surface area contributed by atoms with Crippen molar-refractivity contribution in [1.82, 2.24) is 4.57 Å². The van der Waals surface area contributed by atoms with E-state index in [1.54, 1.807) is 12.1 Å². The molecule has 3 aromatic rings. The Morgan fingerprint density at radius 1 is 1.10 bits per heavy atom. The lowest BCUT2D eigenvalue weighted by Crippen LogP contribution is -2.13. The summed E-state index contributed by atoms with van der Waals surface area (Å²) in [6.45, 7) is 3.72. The molecule has 0 unspecified atom stereocenters. The number of nitrogens with one attached hydrogen (secondary N) is 1. The molecule has 0 fully saturated rings. The molecule has 0 atom stereocenters. The van der Waals surface area contributed by atoms with Gasteiger partial charge in [-0.1, -0.05) is 0 Å². The molecular formula is C23H18FN3O3. The van der Waals surface area contributed by atoms with Gasteiger partial charge in [0.05, 0.1) is 5.56 Å². The summed E-state index contributed by atoms with van der Waals surface area (Å²) in [7, 11) is 0. The predicted octanol–water partition coefficient (Wildman–Crippen LogP) is 4.48. The number of carbonyl (C=O) groups excluding carboxylic acids is 1. The number of rotatable bonds is 5. The molecule has 0 radical (unpaired) electrons. The van der Waals surface area contributed by atoms with Crippen LogP contribution < -0.4 is 5.32 Å². The van der Waals surface area contributed by atoms with Crippen LogP contribution >= 0.6 is 0 Å². The lowest BCUT2D eigenvalue weighted by molar-refractivity contribution is -0.112. The molecule has 150 valence electrons. The van der Waals surface area contributed by atoms with Gasteiger partial charge in [0.1, 0.15) is 17.5 Å². The number of nitrogens with zero attached hydrogens (tertiary/aromatic N) is 2. The van der Waals surface area contributed by atoms with E-state index in [1.165, 1.54) is 42.5 Å². The van der Waals surface area contributed by atoms with Crippen LogP contribution in [-0.2, 0) is 4.79 Å². The van der Waals surface area contributed by atoms with Crippen molar-refractivity contribution in [2.75, 3.05) is 5.32 Å². The Morgan fingerprint density at radius 3 is 2.30 bits per heavy atom. The summed E-state index contributed by atoms with van der Waals surface area (Å²) in [6.07, 6.45) is 1.49. The average molecular weight is 403 g/mol. The number of benzene rings is 2. The molecule has 2 aromatic carbocycles. The maximum absolute atomic E-state index is 13.0. The number of carboxylic acid groups (broad SMARTS) is 1. The number of nitriles is 1. The van der Waals surface area contributed by atoms with Gasteiger partial charge in [0.15, 0.2) is 0 Å². The Hall–Kier alpha value is -4.18. The minimum atomic E-state index is -1.00. The maximum Gasteiger partial charge on any atom is 0.335 e. The number of amides is 1. The standard InChI is InChI=1S/C23H18FN3O3/c1-14-11-17(15(2)27(14)21-9-3-16(4-10-21)23(29)30)12-18(13-25)22(28)26-20-7-5-19(24)6-8-20/h3-12H,1-2H3,(H,26,28)(H,29,30). The van der Waals surface area contributed by atoms with Crippen LogP contribution in [0.3, 0.4) is 0 Å². The highest BCUT2D eigenvalue weighted by atomic mass is 19.1. The summed E-state index contributed by atoms with van der Waals surface area (Å²) in [5.74, 6) is -2.02. The largest absolute Gasteiger partial charge is 0.478 e. The number of hydrogen-bond donors (Lipinski definition) is 2. The topological polar surface area (TPSA) is 95.1 Å². The third-order valence-corrected chi connectivity index (χ3v) is 4.61. The molecule has 6 nitrogen and oxygen atoms in total. The minimum Gasteiger partial charge on any atom is -0.478 e. The number of carboxylic acids is 1. The lowest BCUT2D eigenvalue weighted by Gasteiger charge is -2.10. The lowest BCUT2D eigenvalue weighted by atomic mass is 10.1. The molecule has 1 aromatic heterocycles. The second-order valence-electron chi connectivity index (χ2n) is 6.64. The number of aryl methyl sites for hydroxylation is 1. The minimum absolute atomic E-state index is 0.0965. The first-order chi connectivity index (χ1) is 14.3. The van der Waals surface area contributed by atoms with E-state index in [0.29, 0.717) is 11.3 Å². The zero-order valence-corrected chi connectivity index (χ0v) is 16.3. The molecule has 3 rings (SSSR count). The molecular weight excluding hydrogens is 385 g/mol. The van der Waals surface area contributed by atoms with Crippen LogP contribution in [0.2, 0.25) is 0 Å². The van der Waals surface area contributed by atoms with Crippen LogP contribution in [0.25, 0.3) is 11.8 Å². The Labute approximate surface area is 172 Å². The highest BCUT2D eigenvalue weighted by Gasteiger charge is 2.14. The fourth-order valence-corrected chi connectivity index (χ4v) is 3.12. The molecule has 0 saturated heterocycles. The molecule has 1 amide bonds. The van der Waals surface area contributed by atoms with Crippen LogP contribution in [0.5, 0.6) is 0 Å². The van der Waals surface area contributed by atoms with Gasteiger partial charge >= 0.3 is 5.97 Å². The van der Waals surface area contributed by atoms with Crippen LogP contribution in [0, 0.1) is 31.0 Å². The van der Waals surface area contributed by atoms with Crippen molar-refractivity contribution in [1.29, 1.82) is 5.26 Å². The number of aromatic carboxylic acids is 1. The summed E-state index contributed by atoms with van der Waals surface area (Å²) in [5.41, 5.74) is 3.57. The molecule has 1 heterocycles. The monoisotopic (exact) mass is 403 g/mol. The van der Waals surface area contributed by atoms with Crippen LogP contribution in [-0.4, -0.2) is 21.6 Å². The summed E-state index contributed by atoms with van der Waals surface area (Å²) >= 11 is 0. The molecule has 2 N–H and O–H groups in total. The van der Waals surface area contributed by atoms with Gasteiger partial charge in [-0.2, -0.15) is 5.26 Å². The van der Waals surface area contributed by atoms with Crippen molar-refractivity contribution in [2.24, 2.45) is 0 Å². The van der Waals surface area contributed by atoms with Crippen molar-refractivity contribution in [3.63, 3.8) is 0 Å². The Kier molecular flexibility index (Phi) is 5.79. The molecule has 0 bridgehead atoms. The van der Waals surface area contributed by atoms with Gasteiger partial charge < -0.3 is 15.0 Å². The SMILES string of the molecule is Cc1cc(C=C(C#N)C(=O)Nc2ccc(F)cc2)c(C)n1-c1ccc(C(=O)O)cc1. The zero-order valence-electron chi connectivity index (χ0n) is 16.3. The van der Waals surface area contributed by atoms with E-state index in [4.69, 9.17) is 5.11 Å². The summed E-state index contributed by atoms with van der Waals surface area (Å²) in [5, 5.41) is 21.1. The van der Waals surface area contributed by atoms with Crippen molar-refractivity contribution in [3.05, 3.63) is 88.5 Å². The fraction of sp³-hybridized carbons (Fsp3) is 0.0870. The number of halogens is 1. The molecule has 0 aliphatic rings. The Balaban J connectivity index is 1.91. The van der Waals surface area contributed by atoms with Crippen LogP contribution in [0.15, 0.2) is 60.2 Å². The van der Waals surface area contributed by atoms with E-state index in [0.717, 1.165) is 17.1 Å².